The molecule has 5 fully saturated rings. The number of methoxy groups -OCH3 is 1. The SMILES string of the molecule is CCCC1CCC(C(=O)Oc2ccc(OCC)cc2)CC1.CCCCC1CCC(C(=O)Oc2ccc(OCC)cc2)CC1.CCCCCC1CCC(C(=O)Oc2ccc(OC)cc2)CC1.CCCCCC1CCC(C(=O)Oc2ccc(OCC)cc2)CC1.CCCCOc1ccc(OC(=O)C2CCC(CCC)CC2)cc1. The van der Waals surface area contributed by atoms with Crippen LogP contribution in [-0.4, -0.2) is 63.4 Å². The van der Waals surface area contributed by atoms with Crippen LogP contribution in [0.3, 0.4) is 0 Å². The highest BCUT2D eigenvalue weighted by molar-refractivity contribution is 5.77. The number of ether oxygens (including phenoxy) is 10. The number of carbonyl (C=O) groups is 5. The van der Waals surface area contributed by atoms with Crippen LogP contribution in [0, 0.1) is 59.2 Å². The van der Waals surface area contributed by atoms with E-state index in [1.165, 1.54) is 135 Å². The molecular formula is C96H142O15. The fourth-order valence-corrected chi connectivity index (χ4v) is 16.0. The van der Waals surface area contributed by atoms with E-state index >= 15 is 0 Å². The molecule has 0 unspecified atom stereocenters. The minimum absolute atomic E-state index is 0.0684. The van der Waals surface area contributed by atoms with E-state index in [0.717, 1.165) is 168 Å². The highest BCUT2D eigenvalue weighted by Gasteiger charge is 2.32. The van der Waals surface area contributed by atoms with Crippen molar-refractivity contribution in [2.75, 3.05) is 33.5 Å². The van der Waals surface area contributed by atoms with Crippen molar-refractivity contribution in [1.29, 1.82) is 0 Å². The first-order chi connectivity index (χ1) is 54.1. The quantitative estimate of drug-likeness (QED) is 0.0210. The van der Waals surface area contributed by atoms with Crippen LogP contribution in [0.25, 0.3) is 0 Å². The normalized spacial score (nSPS) is 21.3. The van der Waals surface area contributed by atoms with E-state index in [4.69, 9.17) is 47.4 Å². The molecule has 5 aromatic carbocycles. The van der Waals surface area contributed by atoms with Crippen LogP contribution >= 0.6 is 0 Å². The Kier molecular flexibility index (Phi) is 45.8. The molecule has 5 aliphatic carbocycles. The monoisotopic (exact) mass is 1540 g/mol. The van der Waals surface area contributed by atoms with Gasteiger partial charge in [-0.25, -0.2) is 0 Å². The maximum absolute atomic E-state index is 12.3. The molecule has 5 saturated carbocycles. The number of hydrogen-bond donors (Lipinski definition) is 0. The molecule has 0 heterocycles. The number of rotatable bonds is 36. The second-order valence-electron chi connectivity index (χ2n) is 31.5. The van der Waals surface area contributed by atoms with Gasteiger partial charge in [0.2, 0.25) is 0 Å². The standard InChI is InChI=1S/2C20H30O3.2C19H28O3.C18H26O3/c1-3-5-6-7-16-8-10-17(11-9-16)20(21)23-19-14-12-18(13-15-19)22-4-2;1-3-5-15-22-18-11-13-19(14-12-18)23-20(21)17-9-7-16(6-4-2)8-10-17;1-3-4-5-6-15-7-9-16(10-8-15)19(20)22-18-13-11-17(21-2)12-14-18;1-3-5-6-15-7-9-16(10-8-15)19(20)22-18-13-11-17(12-14-18)21-4-2;1-3-5-14-6-8-15(9-7-14)18(19)21-17-12-10-16(11-13-17)20-4-2/h12-17H,3-11H2,1-2H3;11-14,16-17H,3-10,15H2,1-2H3;2*11-16H,3-10H2,1-2H3;10-15H,3-9H2,1-2H3. The molecule has 10 rings (SSSR count). The number of hydrogen-bond acceptors (Lipinski definition) is 15. The van der Waals surface area contributed by atoms with Gasteiger partial charge in [-0.1, -0.05) is 144 Å². The summed E-state index contributed by atoms with van der Waals surface area (Å²) in [6, 6.07) is 36.4. The van der Waals surface area contributed by atoms with Crippen molar-refractivity contribution in [3.8, 4) is 57.5 Å². The van der Waals surface area contributed by atoms with E-state index in [1.54, 1.807) is 55.6 Å². The minimum atomic E-state index is -0.0749. The van der Waals surface area contributed by atoms with Gasteiger partial charge in [0, 0.05) is 0 Å². The van der Waals surface area contributed by atoms with E-state index in [2.05, 4.69) is 41.5 Å². The number of carbonyl (C=O) groups excluding carboxylic acids is 5. The summed E-state index contributed by atoms with van der Waals surface area (Å²) in [6.45, 7) is 21.8. The van der Waals surface area contributed by atoms with E-state index in [0.29, 0.717) is 48.6 Å². The van der Waals surface area contributed by atoms with Crippen LogP contribution in [0.15, 0.2) is 121 Å². The van der Waals surface area contributed by atoms with E-state index in [1.807, 2.05) is 93.6 Å². The molecule has 0 N–H and O–H groups in total. The number of benzene rings is 5. The Bertz CT molecular complexity index is 3250. The first-order valence-electron chi connectivity index (χ1n) is 43.8. The first kappa shape index (κ1) is 92.3. The second kappa shape index (κ2) is 55.0. The molecule has 0 aromatic heterocycles. The maximum atomic E-state index is 12.3. The van der Waals surface area contributed by atoms with Gasteiger partial charge in [-0.2, -0.15) is 0 Å². The van der Waals surface area contributed by atoms with Gasteiger partial charge in [0.25, 0.3) is 0 Å². The lowest BCUT2D eigenvalue weighted by Gasteiger charge is -2.27. The molecule has 5 aliphatic rings. The van der Waals surface area contributed by atoms with Crippen LogP contribution in [-0.2, 0) is 24.0 Å². The summed E-state index contributed by atoms with van der Waals surface area (Å²) in [6.07, 6.45) is 43.1. The molecule has 0 atom stereocenters. The molecule has 15 heteroatoms. The summed E-state index contributed by atoms with van der Waals surface area (Å²) in [5, 5.41) is 0. The van der Waals surface area contributed by atoms with Gasteiger partial charge in [0.15, 0.2) is 0 Å². The van der Waals surface area contributed by atoms with Crippen molar-refractivity contribution in [3.05, 3.63) is 121 Å². The van der Waals surface area contributed by atoms with Gasteiger partial charge in [-0.05, 0) is 307 Å². The average Bonchev–Trinajstić information content (AvgIpc) is 0.884. The summed E-state index contributed by atoms with van der Waals surface area (Å²) in [7, 11) is 1.62. The Morgan fingerprint density at radius 3 is 0.658 bits per heavy atom. The fraction of sp³-hybridized carbons (Fsp3) is 0.635. The zero-order chi connectivity index (χ0) is 79.6. The van der Waals surface area contributed by atoms with Gasteiger partial charge < -0.3 is 47.4 Å². The highest BCUT2D eigenvalue weighted by Crippen LogP contribution is 2.39. The Morgan fingerprint density at radius 2 is 0.441 bits per heavy atom. The van der Waals surface area contributed by atoms with Crippen LogP contribution < -0.4 is 47.4 Å². The summed E-state index contributed by atoms with van der Waals surface area (Å²) in [5.41, 5.74) is 0. The Hall–Kier alpha value is -7.55. The third-order valence-electron chi connectivity index (χ3n) is 22.8. The molecule has 5 aromatic rings. The van der Waals surface area contributed by atoms with E-state index < -0.39 is 0 Å². The molecule has 0 radical (unpaired) electrons. The Balaban J connectivity index is 0.000000217. The predicted octanol–water partition coefficient (Wildman–Crippen LogP) is 25.3. The zero-order valence-corrected chi connectivity index (χ0v) is 69.9. The van der Waals surface area contributed by atoms with Crippen molar-refractivity contribution >= 4 is 29.8 Å². The van der Waals surface area contributed by atoms with Gasteiger partial charge in [-0.15, -0.1) is 0 Å². The van der Waals surface area contributed by atoms with Gasteiger partial charge in [-0.3, -0.25) is 24.0 Å². The third kappa shape index (κ3) is 36.4. The molecule has 15 nitrogen and oxygen atoms in total. The molecule has 0 amide bonds. The zero-order valence-electron chi connectivity index (χ0n) is 69.9. The van der Waals surface area contributed by atoms with Gasteiger partial charge in [0.1, 0.15) is 57.5 Å². The smallest absolute Gasteiger partial charge is 0.314 e. The highest BCUT2D eigenvalue weighted by atomic mass is 16.6. The summed E-state index contributed by atoms with van der Waals surface area (Å²) in [4.78, 5) is 61.2. The summed E-state index contributed by atoms with van der Waals surface area (Å²) < 4.78 is 54.4. The summed E-state index contributed by atoms with van der Waals surface area (Å²) >= 11 is 0. The molecule has 0 bridgehead atoms. The molecule has 0 saturated heterocycles. The summed E-state index contributed by atoms with van der Waals surface area (Å²) in [5.74, 6) is 11.2. The minimum Gasteiger partial charge on any atom is -0.497 e. The van der Waals surface area contributed by atoms with Crippen LogP contribution in [0.2, 0.25) is 0 Å². The Labute approximate surface area is 669 Å². The van der Waals surface area contributed by atoms with Crippen molar-refractivity contribution in [3.63, 3.8) is 0 Å². The third-order valence-corrected chi connectivity index (χ3v) is 22.8. The predicted molar refractivity (Wildman–Crippen MR) is 446 cm³/mol. The van der Waals surface area contributed by atoms with Crippen molar-refractivity contribution in [2.45, 2.75) is 300 Å². The van der Waals surface area contributed by atoms with Gasteiger partial charge in [0.05, 0.1) is 63.1 Å². The van der Waals surface area contributed by atoms with Crippen molar-refractivity contribution < 1.29 is 71.3 Å². The lowest BCUT2D eigenvalue weighted by atomic mass is 9.80. The van der Waals surface area contributed by atoms with Gasteiger partial charge >= 0.3 is 29.8 Å². The average molecular weight is 1540 g/mol. The molecule has 0 spiro atoms. The number of unbranched alkanes of at least 4 members (excludes halogenated alkanes) is 6. The molecule has 0 aliphatic heterocycles. The Morgan fingerprint density at radius 1 is 0.234 bits per heavy atom. The largest absolute Gasteiger partial charge is 0.497 e. The molecule has 616 valence electrons. The molecule has 111 heavy (non-hydrogen) atoms. The van der Waals surface area contributed by atoms with Crippen LogP contribution in [0.1, 0.15) is 300 Å². The topological polar surface area (TPSA) is 178 Å². The lowest BCUT2D eigenvalue weighted by Crippen LogP contribution is -2.25. The van der Waals surface area contributed by atoms with E-state index in [-0.39, 0.29) is 59.4 Å². The van der Waals surface area contributed by atoms with Crippen LogP contribution in [0.5, 0.6) is 57.5 Å². The second-order valence-corrected chi connectivity index (χ2v) is 31.5. The molecular weight excluding hydrogens is 1390 g/mol. The van der Waals surface area contributed by atoms with Crippen LogP contribution in [0.4, 0.5) is 0 Å². The van der Waals surface area contributed by atoms with Crippen molar-refractivity contribution in [2.24, 2.45) is 59.2 Å². The van der Waals surface area contributed by atoms with Crippen molar-refractivity contribution in [1.82, 2.24) is 0 Å². The maximum Gasteiger partial charge on any atom is 0.314 e. The number of esters is 5. The first-order valence-corrected chi connectivity index (χ1v) is 43.8. The van der Waals surface area contributed by atoms with E-state index in [9.17, 15) is 24.0 Å². The lowest BCUT2D eigenvalue weighted by molar-refractivity contribution is -0.141. The fourth-order valence-electron chi connectivity index (χ4n) is 16.0.